The van der Waals surface area contributed by atoms with Crippen molar-refractivity contribution in [1.82, 2.24) is 15.1 Å². The van der Waals surface area contributed by atoms with Crippen LogP contribution in [0.15, 0.2) is 12.3 Å². The minimum atomic E-state index is -0.372. The Kier molecular flexibility index (Phi) is 6.12. The molecule has 4 bridgehead atoms. The Balaban J connectivity index is 1.39. The predicted octanol–water partition coefficient (Wildman–Crippen LogP) is 2.54. The molecule has 9 heteroatoms. The maximum absolute atomic E-state index is 13.6. The van der Waals surface area contributed by atoms with Crippen molar-refractivity contribution in [2.75, 3.05) is 31.2 Å². The van der Waals surface area contributed by atoms with E-state index in [-0.39, 0.29) is 28.7 Å². The van der Waals surface area contributed by atoms with Gasteiger partial charge in [0, 0.05) is 37.2 Å². The van der Waals surface area contributed by atoms with Crippen LogP contribution in [0.2, 0.25) is 0 Å². The van der Waals surface area contributed by atoms with Crippen LogP contribution in [0, 0.1) is 39.9 Å². The molecule has 2 amide bonds. The van der Waals surface area contributed by atoms with Gasteiger partial charge in [0.15, 0.2) is 0 Å². The van der Waals surface area contributed by atoms with Crippen LogP contribution in [-0.2, 0) is 9.53 Å². The molecule has 0 spiro atoms. The lowest BCUT2D eigenvalue weighted by molar-refractivity contribution is -0.145. The Morgan fingerprint density at radius 2 is 1.97 bits per heavy atom. The van der Waals surface area contributed by atoms with Crippen LogP contribution in [0.3, 0.4) is 0 Å². The number of hydrogen-bond donors (Lipinski definition) is 2. The summed E-state index contributed by atoms with van der Waals surface area (Å²) in [6.07, 6.45) is 10.5. The molecule has 2 unspecified atom stereocenters. The van der Waals surface area contributed by atoms with Crippen LogP contribution in [-0.4, -0.2) is 53.9 Å². The first-order valence-corrected chi connectivity index (χ1v) is 12.8. The molecule has 5 aliphatic rings. The van der Waals surface area contributed by atoms with Crippen molar-refractivity contribution in [2.45, 2.75) is 58.4 Å². The van der Waals surface area contributed by atoms with Gasteiger partial charge in [-0.1, -0.05) is 19.9 Å². The fourth-order valence-corrected chi connectivity index (χ4v) is 7.04. The number of rotatable bonds is 7. The van der Waals surface area contributed by atoms with Crippen LogP contribution >= 0.6 is 0 Å². The number of ether oxygens (including phenoxy) is 1. The van der Waals surface area contributed by atoms with Crippen molar-refractivity contribution in [1.29, 1.82) is 5.26 Å². The summed E-state index contributed by atoms with van der Waals surface area (Å²) in [5.74, 6) is 1.61. The first-order valence-electron chi connectivity index (χ1n) is 12.8. The van der Waals surface area contributed by atoms with Gasteiger partial charge in [0.1, 0.15) is 11.4 Å². The van der Waals surface area contributed by atoms with Gasteiger partial charge < -0.3 is 20.7 Å². The summed E-state index contributed by atoms with van der Waals surface area (Å²) in [6, 6.07) is 2.29. The Morgan fingerprint density at radius 1 is 1.29 bits per heavy atom. The summed E-state index contributed by atoms with van der Waals surface area (Å²) in [7, 11) is 0. The summed E-state index contributed by atoms with van der Waals surface area (Å²) in [6.45, 7) is 6.56. The second kappa shape index (κ2) is 8.98. The highest BCUT2D eigenvalue weighted by Crippen LogP contribution is 2.60. The molecule has 35 heavy (non-hydrogen) atoms. The molecular weight excluding hydrogens is 444 g/mol. The summed E-state index contributed by atoms with van der Waals surface area (Å²) < 4.78 is 7.28. The van der Waals surface area contributed by atoms with Crippen LogP contribution in [0.1, 0.15) is 62.7 Å². The molecule has 1 saturated heterocycles. The molecule has 0 radical (unpaired) electrons. The lowest BCUT2D eigenvalue weighted by Gasteiger charge is -2.58. The number of hydrogen-bond acceptors (Lipinski definition) is 6. The van der Waals surface area contributed by atoms with Crippen molar-refractivity contribution in [3.8, 4) is 6.07 Å². The molecule has 9 nitrogen and oxygen atoms in total. The van der Waals surface area contributed by atoms with Crippen LogP contribution in [0.4, 0.5) is 5.82 Å². The number of nitrogens with two attached hydrogens (primary N) is 1. The number of carbonyl (C=O) groups excluding carboxylic acids is 2. The highest BCUT2D eigenvalue weighted by Gasteiger charge is 2.58. The maximum Gasteiger partial charge on any atom is 0.256 e. The number of nitriles is 1. The van der Waals surface area contributed by atoms with Gasteiger partial charge >= 0.3 is 0 Å². The van der Waals surface area contributed by atoms with Gasteiger partial charge in [-0.15, -0.1) is 0 Å². The molecule has 5 fully saturated rings. The Hall–Kier alpha value is -2.86. The lowest BCUT2D eigenvalue weighted by atomic mass is 9.47. The second-order valence-corrected chi connectivity index (χ2v) is 11.7. The zero-order valence-corrected chi connectivity index (χ0v) is 20.7. The van der Waals surface area contributed by atoms with E-state index in [1.54, 1.807) is 10.9 Å². The number of carbonyl (C=O) groups is 2. The van der Waals surface area contributed by atoms with Crippen molar-refractivity contribution in [3.05, 3.63) is 17.8 Å². The molecule has 4 saturated carbocycles. The monoisotopic (exact) mass is 480 g/mol. The first-order chi connectivity index (χ1) is 16.7. The summed E-state index contributed by atoms with van der Waals surface area (Å²) in [4.78, 5) is 28.1. The average molecular weight is 481 g/mol. The third-order valence-corrected chi connectivity index (χ3v) is 8.62. The van der Waals surface area contributed by atoms with Crippen LogP contribution in [0.25, 0.3) is 6.20 Å². The Morgan fingerprint density at radius 3 is 2.60 bits per heavy atom. The molecule has 2 atom stereocenters. The summed E-state index contributed by atoms with van der Waals surface area (Å²) in [5, 5.41) is 17.0. The fourth-order valence-electron chi connectivity index (χ4n) is 7.04. The molecular formula is C26H36N6O3. The maximum atomic E-state index is 13.6. The molecule has 6 rings (SSSR count). The predicted molar refractivity (Wildman–Crippen MR) is 131 cm³/mol. The quantitative estimate of drug-likeness (QED) is 0.618. The Labute approximate surface area is 206 Å². The van der Waals surface area contributed by atoms with Gasteiger partial charge in [0.25, 0.3) is 5.91 Å². The van der Waals surface area contributed by atoms with Crippen molar-refractivity contribution >= 4 is 23.8 Å². The standard InChI is InChI=1S/C26H36N6O3/c1-25(2,3-5-27)4-6-32-23(31-7-9-35-10-8-31)20(16-29-32)22(33)30-21-18-11-17-12-19(21)15-26(13-17,14-18)24(28)34/h4,6,16-19,21H,3,7-15H2,1-2H3,(H2,28,34)(H,30,33). The highest BCUT2D eigenvalue weighted by atomic mass is 16.5. The van der Waals surface area contributed by atoms with Crippen LogP contribution in [0.5, 0.6) is 0 Å². The van der Waals surface area contributed by atoms with Crippen LogP contribution < -0.4 is 16.0 Å². The van der Waals surface area contributed by atoms with Gasteiger partial charge in [-0.05, 0) is 55.3 Å². The number of nitrogens with one attached hydrogen (secondary N) is 1. The number of aromatic nitrogens is 2. The van der Waals surface area contributed by atoms with E-state index in [0.717, 1.165) is 37.9 Å². The SMILES string of the molecule is CC(C)(C=Cn1ncc(C(=O)NC2C3CC4CC2CC(C(N)=O)(C4)C3)c1N1CCOCC1)CC#N. The van der Waals surface area contributed by atoms with Gasteiger partial charge in [-0.3, -0.25) is 9.59 Å². The van der Waals surface area contributed by atoms with E-state index in [9.17, 15) is 9.59 Å². The highest BCUT2D eigenvalue weighted by molar-refractivity contribution is 5.99. The van der Waals surface area contributed by atoms with Gasteiger partial charge in [-0.2, -0.15) is 10.4 Å². The van der Waals surface area contributed by atoms with Crippen molar-refractivity contribution < 1.29 is 14.3 Å². The van der Waals surface area contributed by atoms with E-state index in [1.807, 2.05) is 26.1 Å². The number of nitrogens with zero attached hydrogens (tertiary/aromatic N) is 4. The topological polar surface area (TPSA) is 126 Å². The molecule has 3 N–H and O–H groups in total. The van der Waals surface area contributed by atoms with E-state index >= 15 is 0 Å². The first kappa shape index (κ1) is 23.9. The number of primary amides is 1. The molecule has 1 aromatic rings. The minimum Gasteiger partial charge on any atom is -0.378 e. The average Bonchev–Trinajstić information content (AvgIpc) is 3.24. The van der Waals surface area contributed by atoms with E-state index < -0.39 is 0 Å². The molecule has 1 aliphatic heterocycles. The van der Waals surface area contributed by atoms with Crippen molar-refractivity contribution in [3.63, 3.8) is 0 Å². The van der Waals surface area contributed by atoms with Gasteiger partial charge in [0.2, 0.25) is 5.91 Å². The van der Waals surface area contributed by atoms with Crippen molar-refractivity contribution in [2.24, 2.45) is 34.3 Å². The van der Waals surface area contributed by atoms with E-state index in [4.69, 9.17) is 15.7 Å². The zero-order valence-electron chi connectivity index (χ0n) is 20.7. The largest absolute Gasteiger partial charge is 0.378 e. The van der Waals surface area contributed by atoms with E-state index in [2.05, 4.69) is 21.4 Å². The molecule has 2 heterocycles. The van der Waals surface area contributed by atoms with E-state index in [1.165, 1.54) is 0 Å². The number of allylic oxidation sites excluding steroid dienone is 1. The number of anilines is 1. The number of amides is 2. The smallest absolute Gasteiger partial charge is 0.256 e. The molecule has 188 valence electrons. The third-order valence-electron chi connectivity index (χ3n) is 8.62. The summed E-state index contributed by atoms with van der Waals surface area (Å²) >= 11 is 0. The molecule has 4 aliphatic carbocycles. The summed E-state index contributed by atoms with van der Waals surface area (Å²) in [5.41, 5.74) is 5.71. The van der Waals surface area contributed by atoms with Gasteiger partial charge in [-0.25, -0.2) is 4.68 Å². The lowest BCUT2D eigenvalue weighted by Crippen LogP contribution is -2.62. The fraction of sp³-hybridized carbons (Fsp3) is 0.692. The normalized spacial score (nSPS) is 32.1. The van der Waals surface area contributed by atoms with E-state index in [0.29, 0.717) is 56.0 Å². The molecule has 1 aromatic heterocycles. The minimum absolute atomic E-state index is 0.0671. The number of morpholine rings is 1. The third kappa shape index (κ3) is 4.44. The second-order valence-electron chi connectivity index (χ2n) is 11.7. The molecule has 0 aromatic carbocycles. The Bertz CT molecular complexity index is 1050. The zero-order chi connectivity index (χ0) is 24.8. The van der Waals surface area contributed by atoms with Gasteiger partial charge in [0.05, 0.1) is 25.5 Å².